The molecular weight excluding hydrogens is 248 g/mol. The summed E-state index contributed by atoms with van der Waals surface area (Å²) in [5.74, 6) is 1.22. The summed E-state index contributed by atoms with van der Waals surface area (Å²) < 4.78 is 11.1. The summed E-state index contributed by atoms with van der Waals surface area (Å²) in [4.78, 5) is 7.89. The van der Waals surface area contributed by atoms with Crippen molar-refractivity contribution >= 4 is 15.9 Å². The predicted octanol–water partition coefficient (Wildman–Crippen LogP) is 2.41. The zero-order valence-corrected chi connectivity index (χ0v) is 8.77. The Morgan fingerprint density at radius 2 is 2.36 bits per heavy atom. The maximum Gasteiger partial charge on any atom is 0.233 e. The first-order chi connectivity index (χ1) is 6.84. The Balaban J connectivity index is 1.95. The highest BCUT2D eigenvalue weighted by molar-refractivity contribution is 9.10. The first-order valence-corrected chi connectivity index (χ1v) is 4.77. The van der Waals surface area contributed by atoms with Crippen LogP contribution < -0.4 is 4.74 Å². The standard InChI is InChI=1S/C9H7BrN2O2/c10-8-5-12-9(14-8)6-13-7-2-1-3-11-4-7/h1-5H,6H2. The molecule has 2 aromatic rings. The number of hydrogen-bond acceptors (Lipinski definition) is 4. The van der Waals surface area contributed by atoms with E-state index in [0.717, 1.165) is 0 Å². The molecule has 2 aromatic heterocycles. The van der Waals surface area contributed by atoms with Gasteiger partial charge in [-0.25, -0.2) is 4.98 Å². The Hall–Kier alpha value is -1.36. The van der Waals surface area contributed by atoms with Crippen LogP contribution in [0.2, 0.25) is 0 Å². The minimum atomic E-state index is 0.303. The molecule has 0 aliphatic rings. The highest BCUT2D eigenvalue weighted by Gasteiger charge is 2.01. The second-order valence-corrected chi connectivity index (χ2v) is 3.32. The summed E-state index contributed by atoms with van der Waals surface area (Å²) in [6.45, 7) is 0.303. The molecule has 5 heteroatoms. The summed E-state index contributed by atoms with van der Waals surface area (Å²) >= 11 is 3.16. The van der Waals surface area contributed by atoms with Crippen LogP contribution in [0.3, 0.4) is 0 Å². The molecule has 0 saturated heterocycles. The highest BCUT2D eigenvalue weighted by atomic mass is 79.9. The van der Waals surface area contributed by atoms with Gasteiger partial charge in [-0.15, -0.1) is 0 Å². The zero-order valence-electron chi connectivity index (χ0n) is 7.18. The lowest BCUT2D eigenvalue weighted by molar-refractivity contribution is 0.259. The predicted molar refractivity (Wildman–Crippen MR) is 52.8 cm³/mol. The molecule has 0 fully saturated rings. The van der Waals surface area contributed by atoms with E-state index in [1.807, 2.05) is 6.07 Å². The Labute approximate surface area is 89.1 Å². The van der Waals surface area contributed by atoms with E-state index in [9.17, 15) is 0 Å². The monoisotopic (exact) mass is 254 g/mol. The van der Waals surface area contributed by atoms with Crippen molar-refractivity contribution in [3.63, 3.8) is 0 Å². The van der Waals surface area contributed by atoms with Crippen molar-refractivity contribution in [2.45, 2.75) is 6.61 Å². The SMILES string of the molecule is Brc1cnc(COc2cccnc2)o1. The summed E-state index contributed by atoms with van der Waals surface area (Å²) in [7, 11) is 0. The van der Waals surface area contributed by atoms with Gasteiger partial charge in [-0.05, 0) is 28.1 Å². The van der Waals surface area contributed by atoms with E-state index in [1.54, 1.807) is 24.7 Å². The van der Waals surface area contributed by atoms with Crippen molar-refractivity contribution in [3.05, 3.63) is 41.3 Å². The van der Waals surface area contributed by atoms with Gasteiger partial charge in [0.2, 0.25) is 5.89 Å². The van der Waals surface area contributed by atoms with E-state index < -0.39 is 0 Å². The van der Waals surface area contributed by atoms with Gasteiger partial charge in [-0.3, -0.25) is 4.98 Å². The quantitative estimate of drug-likeness (QED) is 0.844. The average molecular weight is 255 g/mol. The normalized spacial score (nSPS) is 10.1. The molecule has 4 nitrogen and oxygen atoms in total. The maximum absolute atomic E-state index is 5.37. The first kappa shape index (κ1) is 9.21. The van der Waals surface area contributed by atoms with E-state index in [-0.39, 0.29) is 0 Å². The lowest BCUT2D eigenvalue weighted by atomic mass is 10.5. The summed E-state index contributed by atoms with van der Waals surface area (Å²) in [6.07, 6.45) is 4.91. The van der Waals surface area contributed by atoms with E-state index >= 15 is 0 Å². The highest BCUT2D eigenvalue weighted by Crippen LogP contribution is 2.13. The van der Waals surface area contributed by atoms with Gasteiger partial charge in [0.25, 0.3) is 0 Å². The zero-order chi connectivity index (χ0) is 9.80. The molecule has 72 valence electrons. The molecule has 0 aliphatic heterocycles. The third-order valence-corrected chi connectivity index (χ3v) is 1.89. The molecule has 0 aliphatic carbocycles. The second kappa shape index (κ2) is 4.23. The molecular formula is C9H7BrN2O2. The van der Waals surface area contributed by atoms with Gasteiger partial charge in [-0.2, -0.15) is 0 Å². The topological polar surface area (TPSA) is 48.2 Å². The van der Waals surface area contributed by atoms with Crippen molar-refractivity contribution in [1.82, 2.24) is 9.97 Å². The van der Waals surface area contributed by atoms with Gasteiger partial charge in [-0.1, -0.05) is 0 Å². The van der Waals surface area contributed by atoms with E-state index in [2.05, 4.69) is 25.9 Å². The minimum absolute atomic E-state index is 0.303. The molecule has 2 heterocycles. The lowest BCUT2D eigenvalue weighted by Gasteiger charge is -2.00. The smallest absolute Gasteiger partial charge is 0.233 e. The van der Waals surface area contributed by atoms with Crippen LogP contribution in [-0.4, -0.2) is 9.97 Å². The fourth-order valence-electron chi connectivity index (χ4n) is 0.932. The Bertz CT molecular complexity index is 402. The van der Waals surface area contributed by atoms with Crippen LogP contribution in [0.4, 0.5) is 0 Å². The summed E-state index contributed by atoms with van der Waals surface area (Å²) in [6, 6.07) is 3.63. The average Bonchev–Trinajstić information content (AvgIpc) is 2.63. The minimum Gasteiger partial charge on any atom is -0.482 e. The lowest BCUT2D eigenvalue weighted by Crippen LogP contribution is -1.95. The number of nitrogens with zero attached hydrogens (tertiary/aromatic N) is 2. The summed E-state index contributed by atoms with van der Waals surface area (Å²) in [5, 5.41) is 0. The number of hydrogen-bond donors (Lipinski definition) is 0. The largest absolute Gasteiger partial charge is 0.482 e. The van der Waals surface area contributed by atoms with Crippen LogP contribution in [-0.2, 0) is 6.61 Å². The van der Waals surface area contributed by atoms with Crippen LogP contribution in [0.5, 0.6) is 5.75 Å². The van der Waals surface area contributed by atoms with Crippen molar-refractivity contribution in [3.8, 4) is 5.75 Å². The van der Waals surface area contributed by atoms with Crippen molar-refractivity contribution in [2.75, 3.05) is 0 Å². The Kier molecular flexibility index (Phi) is 2.78. The summed E-state index contributed by atoms with van der Waals surface area (Å²) in [5.41, 5.74) is 0. The molecule has 0 saturated carbocycles. The van der Waals surface area contributed by atoms with Gasteiger partial charge in [0.05, 0.1) is 12.4 Å². The molecule has 0 unspecified atom stereocenters. The molecule has 14 heavy (non-hydrogen) atoms. The van der Waals surface area contributed by atoms with Crippen molar-refractivity contribution in [1.29, 1.82) is 0 Å². The van der Waals surface area contributed by atoms with E-state index in [1.165, 1.54) is 0 Å². The third-order valence-electron chi connectivity index (χ3n) is 1.52. The van der Waals surface area contributed by atoms with Gasteiger partial charge < -0.3 is 9.15 Å². The van der Waals surface area contributed by atoms with E-state index in [4.69, 9.17) is 9.15 Å². The maximum atomic E-state index is 5.37. The molecule has 0 aromatic carbocycles. The molecule has 0 radical (unpaired) electrons. The molecule has 0 amide bonds. The van der Waals surface area contributed by atoms with Gasteiger partial charge in [0, 0.05) is 6.20 Å². The number of aromatic nitrogens is 2. The molecule has 0 bridgehead atoms. The van der Waals surface area contributed by atoms with Crippen molar-refractivity contribution < 1.29 is 9.15 Å². The Morgan fingerprint density at radius 3 is 3.00 bits per heavy atom. The molecule has 0 spiro atoms. The number of ether oxygens (including phenoxy) is 1. The fourth-order valence-corrected chi connectivity index (χ4v) is 1.22. The number of rotatable bonds is 3. The van der Waals surface area contributed by atoms with Crippen LogP contribution in [0, 0.1) is 0 Å². The second-order valence-electron chi connectivity index (χ2n) is 2.54. The van der Waals surface area contributed by atoms with Crippen molar-refractivity contribution in [2.24, 2.45) is 0 Å². The molecule has 2 rings (SSSR count). The van der Waals surface area contributed by atoms with E-state index in [0.29, 0.717) is 22.9 Å². The molecule has 0 atom stereocenters. The van der Waals surface area contributed by atoms with Crippen LogP contribution >= 0.6 is 15.9 Å². The van der Waals surface area contributed by atoms with Crippen LogP contribution in [0.15, 0.2) is 39.8 Å². The molecule has 0 N–H and O–H groups in total. The number of halogens is 1. The van der Waals surface area contributed by atoms with Gasteiger partial charge in [0.15, 0.2) is 11.3 Å². The first-order valence-electron chi connectivity index (χ1n) is 3.97. The van der Waals surface area contributed by atoms with Gasteiger partial charge >= 0.3 is 0 Å². The fraction of sp³-hybridized carbons (Fsp3) is 0.111. The Morgan fingerprint density at radius 1 is 1.43 bits per heavy atom. The van der Waals surface area contributed by atoms with Gasteiger partial charge in [0.1, 0.15) is 5.75 Å². The number of pyridine rings is 1. The third kappa shape index (κ3) is 2.32. The van der Waals surface area contributed by atoms with Crippen LogP contribution in [0.25, 0.3) is 0 Å². The number of oxazole rings is 1. The van der Waals surface area contributed by atoms with Crippen LogP contribution in [0.1, 0.15) is 5.89 Å².